The molecule has 0 N–H and O–H groups in total. The third kappa shape index (κ3) is 2.92. The lowest BCUT2D eigenvalue weighted by Gasteiger charge is -2.33. The molecule has 5 heteroatoms. The number of alkyl halides is 1. The molecule has 21 heavy (non-hydrogen) atoms. The Morgan fingerprint density at radius 3 is 2.86 bits per heavy atom. The van der Waals surface area contributed by atoms with E-state index in [4.69, 9.17) is 21.6 Å². The molecule has 0 bridgehead atoms. The summed E-state index contributed by atoms with van der Waals surface area (Å²) in [6, 6.07) is 4.60. The van der Waals surface area contributed by atoms with E-state index in [-0.39, 0.29) is 5.38 Å². The zero-order chi connectivity index (χ0) is 15.0. The molecule has 1 aliphatic heterocycles. The van der Waals surface area contributed by atoms with Gasteiger partial charge in [0.15, 0.2) is 5.65 Å². The molecule has 0 aromatic carbocycles. The number of piperidine rings is 1. The molecule has 0 radical (unpaired) electrons. The van der Waals surface area contributed by atoms with Crippen molar-refractivity contribution in [2.75, 3.05) is 13.6 Å². The molecule has 1 aliphatic rings. The van der Waals surface area contributed by atoms with Gasteiger partial charge in [-0.05, 0) is 52.4 Å². The number of rotatable bonds is 3. The number of hydrogen-bond donors (Lipinski definition) is 0. The summed E-state index contributed by atoms with van der Waals surface area (Å²) in [5.41, 5.74) is 2.94. The van der Waals surface area contributed by atoms with Gasteiger partial charge in [0.1, 0.15) is 11.3 Å². The second-order valence-corrected chi connectivity index (χ2v) is 6.78. The average molecular weight is 307 g/mol. The average Bonchev–Trinajstić information content (AvgIpc) is 2.80. The summed E-state index contributed by atoms with van der Waals surface area (Å²) in [5.74, 6) is 0.934. The van der Waals surface area contributed by atoms with Gasteiger partial charge < -0.3 is 9.47 Å². The van der Waals surface area contributed by atoms with Crippen molar-refractivity contribution in [3.63, 3.8) is 0 Å². The standard InChI is InChI=1S/C16H23ClN4/c1-11-7-8-14-16(18-11)21(15(19-14)12(2)17)10-13-6-4-5-9-20(13)3/h7-8,12-13H,4-6,9-10H2,1-3H3. The minimum absolute atomic E-state index is 0.103. The first-order chi connectivity index (χ1) is 10.1. The number of halogens is 1. The maximum Gasteiger partial charge on any atom is 0.160 e. The molecule has 3 rings (SSSR count). The zero-order valence-corrected chi connectivity index (χ0v) is 13.8. The van der Waals surface area contributed by atoms with Crippen LogP contribution in [0.4, 0.5) is 0 Å². The lowest BCUT2D eigenvalue weighted by Crippen LogP contribution is -2.39. The molecular formula is C16H23ClN4. The molecule has 2 aromatic heterocycles. The number of nitrogens with zero attached hydrogens (tertiary/aromatic N) is 4. The first-order valence-corrected chi connectivity index (χ1v) is 8.18. The van der Waals surface area contributed by atoms with Gasteiger partial charge in [-0.2, -0.15) is 0 Å². The summed E-state index contributed by atoms with van der Waals surface area (Å²) in [6.07, 6.45) is 3.84. The number of pyridine rings is 1. The summed E-state index contributed by atoms with van der Waals surface area (Å²) in [6.45, 7) is 6.11. The Morgan fingerprint density at radius 1 is 1.33 bits per heavy atom. The highest BCUT2D eigenvalue weighted by Gasteiger charge is 2.23. The van der Waals surface area contributed by atoms with Crippen LogP contribution >= 0.6 is 11.6 Å². The van der Waals surface area contributed by atoms with Crippen LogP contribution in [0.1, 0.15) is 43.1 Å². The molecule has 1 saturated heterocycles. The SMILES string of the molecule is Cc1ccc2nc(C(C)Cl)n(CC3CCCCN3C)c2n1. The van der Waals surface area contributed by atoms with Gasteiger partial charge in [-0.3, -0.25) is 0 Å². The molecule has 2 atom stereocenters. The molecule has 0 amide bonds. The van der Waals surface area contributed by atoms with E-state index in [9.17, 15) is 0 Å². The number of imidazole rings is 1. The number of aromatic nitrogens is 3. The maximum absolute atomic E-state index is 6.35. The van der Waals surface area contributed by atoms with Crippen molar-refractivity contribution in [2.24, 2.45) is 0 Å². The van der Waals surface area contributed by atoms with Gasteiger partial charge >= 0.3 is 0 Å². The third-order valence-electron chi connectivity index (χ3n) is 4.43. The fraction of sp³-hybridized carbons (Fsp3) is 0.625. The van der Waals surface area contributed by atoms with Crippen LogP contribution in [0.25, 0.3) is 11.2 Å². The Labute approximate surface area is 131 Å². The summed E-state index contributed by atoms with van der Waals surface area (Å²) >= 11 is 6.35. The van der Waals surface area contributed by atoms with E-state index in [1.54, 1.807) is 0 Å². The fourth-order valence-corrected chi connectivity index (χ4v) is 3.35. The van der Waals surface area contributed by atoms with Crippen LogP contribution in [0.5, 0.6) is 0 Å². The Hall–Kier alpha value is -1.13. The molecule has 3 heterocycles. The van der Waals surface area contributed by atoms with Crippen LogP contribution in [0.2, 0.25) is 0 Å². The van der Waals surface area contributed by atoms with Crippen LogP contribution in [0.3, 0.4) is 0 Å². The molecule has 1 fully saturated rings. The highest BCUT2D eigenvalue weighted by molar-refractivity contribution is 6.20. The van der Waals surface area contributed by atoms with Gasteiger partial charge in [0.2, 0.25) is 0 Å². The molecule has 0 spiro atoms. The Balaban J connectivity index is 2.02. The summed E-state index contributed by atoms with van der Waals surface area (Å²) in [4.78, 5) is 11.8. The quantitative estimate of drug-likeness (QED) is 0.814. The normalized spacial score (nSPS) is 21.8. The molecule has 114 valence electrons. The monoisotopic (exact) mass is 306 g/mol. The first kappa shape index (κ1) is 14.8. The summed E-state index contributed by atoms with van der Waals surface area (Å²) in [5, 5.41) is -0.103. The van der Waals surface area contributed by atoms with Crippen molar-refractivity contribution in [2.45, 2.75) is 51.1 Å². The van der Waals surface area contributed by atoms with E-state index in [1.165, 1.54) is 25.8 Å². The van der Waals surface area contributed by atoms with Gasteiger partial charge in [0, 0.05) is 18.3 Å². The maximum atomic E-state index is 6.35. The fourth-order valence-electron chi connectivity index (χ4n) is 3.18. The van der Waals surface area contributed by atoms with E-state index < -0.39 is 0 Å². The summed E-state index contributed by atoms with van der Waals surface area (Å²) < 4.78 is 2.23. The van der Waals surface area contributed by atoms with Crippen LogP contribution in [0, 0.1) is 6.92 Å². The van der Waals surface area contributed by atoms with Crippen molar-refractivity contribution in [3.05, 3.63) is 23.7 Å². The van der Waals surface area contributed by atoms with Crippen molar-refractivity contribution in [1.82, 2.24) is 19.4 Å². The smallest absolute Gasteiger partial charge is 0.160 e. The zero-order valence-electron chi connectivity index (χ0n) is 13.0. The van der Waals surface area contributed by atoms with Gasteiger partial charge in [-0.15, -0.1) is 11.6 Å². The van der Waals surface area contributed by atoms with E-state index in [0.29, 0.717) is 6.04 Å². The van der Waals surface area contributed by atoms with Crippen LogP contribution in [-0.2, 0) is 6.54 Å². The van der Waals surface area contributed by atoms with E-state index in [0.717, 1.165) is 29.2 Å². The van der Waals surface area contributed by atoms with E-state index >= 15 is 0 Å². The highest BCUT2D eigenvalue weighted by atomic mass is 35.5. The second kappa shape index (κ2) is 5.93. The van der Waals surface area contributed by atoms with Gasteiger partial charge in [0.25, 0.3) is 0 Å². The van der Waals surface area contributed by atoms with Crippen molar-refractivity contribution in [1.29, 1.82) is 0 Å². The largest absolute Gasteiger partial charge is 0.310 e. The third-order valence-corrected chi connectivity index (χ3v) is 4.63. The number of likely N-dealkylation sites (tertiary alicyclic amines) is 1. The Kier molecular flexibility index (Phi) is 4.18. The number of fused-ring (bicyclic) bond motifs is 1. The molecule has 2 unspecified atom stereocenters. The van der Waals surface area contributed by atoms with Crippen molar-refractivity contribution in [3.8, 4) is 0 Å². The second-order valence-electron chi connectivity index (χ2n) is 6.12. The predicted octanol–water partition coefficient (Wildman–Crippen LogP) is 3.52. The minimum Gasteiger partial charge on any atom is -0.310 e. The molecular weight excluding hydrogens is 284 g/mol. The molecule has 0 aliphatic carbocycles. The summed E-state index contributed by atoms with van der Waals surface area (Å²) in [7, 11) is 2.21. The number of likely N-dealkylation sites (N-methyl/N-ethyl adjacent to an activating group) is 1. The predicted molar refractivity (Wildman–Crippen MR) is 86.8 cm³/mol. The Morgan fingerprint density at radius 2 is 2.14 bits per heavy atom. The number of hydrogen-bond acceptors (Lipinski definition) is 3. The minimum atomic E-state index is -0.103. The lowest BCUT2D eigenvalue weighted by atomic mass is 10.0. The molecule has 4 nitrogen and oxygen atoms in total. The highest BCUT2D eigenvalue weighted by Crippen LogP contribution is 2.26. The van der Waals surface area contributed by atoms with Gasteiger partial charge in [0.05, 0.1) is 5.38 Å². The van der Waals surface area contributed by atoms with Gasteiger partial charge in [-0.25, -0.2) is 9.97 Å². The van der Waals surface area contributed by atoms with Gasteiger partial charge in [-0.1, -0.05) is 6.42 Å². The van der Waals surface area contributed by atoms with Crippen molar-refractivity contribution >= 4 is 22.8 Å². The van der Waals surface area contributed by atoms with Crippen LogP contribution in [-0.4, -0.2) is 39.1 Å². The number of aryl methyl sites for hydroxylation is 1. The van der Waals surface area contributed by atoms with E-state index in [2.05, 4.69) is 16.5 Å². The van der Waals surface area contributed by atoms with Crippen molar-refractivity contribution < 1.29 is 0 Å². The molecule has 0 saturated carbocycles. The van der Waals surface area contributed by atoms with Crippen LogP contribution < -0.4 is 0 Å². The Bertz CT molecular complexity index is 634. The van der Waals surface area contributed by atoms with E-state index in [1.807, 2.05) is 26.0 Å². The molecule has 2 aromatic rings. The first-order valence-electron chi connectivity index (χ1n) is 7.74. The lowest BCUT2D eigenvalue weighted by molar-refractivity contribution is 0.167. The topological polar surface area (TPSA) is 34.0 Å². The van der Waals surface area contributed by atoms with Crippen LogP contribution in [0.15, 0.2) is 12.1 Å².